The summed E-state index contributed by atoms with van der Waals surface area (Å²) < 4.78 is 11.0. The Morgan fingerprint density at radius 1 is 1.16 bits per heavy atom. The average Bonchev–Trinajstić information content (AvgIpc) is 2.46. The van der Waals surface area contributed by atoms with Crippen LogP contribution in [0.4, 0.5) is 0 Å². The number of carbonyl (C=O) groups excluding carboxylic acids is 1. The van der Waals surface area contributed by atoms with Gasteiger partial charge >= 0.3 is 0 Å². The first-order valence-electron chi connectivity index (χ1n) is 7.48. The highest BCUT2D eigenvalue weighted by molar-refractivity contribution is 5.78. The number of rotatable bonds is 5. The summed E-state index contributed by atoms with van der Waals surface area (Å²) in [6.07, 6.45) is 6.22. The van der Waals surface area contributed by atoms with E-state index in [1.807, 2.05) is 0 Å². The summed E-state index contributed by atoms with van der Waals surface area (Å²) in [4.78, 5) is 11.9. The summed E-state index contributed by atoms with van der Waals surface area (Å²) in [6, 6.07) is 0.355. The zero-order valence-electron chi connectivity index (χ0n) is 11.6. The quantitative estimate of drug-likeness (QED) is 0.725. The highest BCUT2D eigenvalue weighted by Crippen LogP contribution is 2.19. The second-order valence-corrected chi connectivity index (χ2v) is 5.59. The summed E-state index contributed by atoms with van der Waals surface area (Å²) >= 11 is 0. The van der Waals surface area contributed by atoms with Crippen LogP contribution in [0.3, 0.4) is 0 Å². The molecule has 5 heteroatoms. The smallest absolute Gasteiger partial charge is 0.223 e. The summed E-state index contributed by atoms with van der Waals surface area (Å²) in [7, 11) is 0. The largest absolute Gasteiger partial charge is 0.381 e. The molecule has 2 rings (SSSR count). The Kier molecular flexibility index (Phi) is 6.07. The molecule has 0 aromatic rings. The minimum Gasteiger partial charge on any atom is -0.381 e. The van der Waals surface area contributed by atoms with Gasteiger partial charge in [0, 0.05) is 31.7 Å². The molecule has 1 heterocycles. The van der Waals surface area contributed by atoms with Crippen LogP contribution in [0.5, 0.6) is 0 Å². The van der Waals surface area contributed by atoms with Gasteiger partial charge in [0.25, 0.3) is 0 Å². The van der Waals surface area contributed by atoms with E-state index in [4.69, 9.17) is 15.2 Å². The molecule has 0 spiro atoms. The highest BCUT2D eigenvalue weighted by atomic mass is 16.5. The van der Waals surface area contributed by atoms with Crippen molar-refractivity contribution in [2.24, 2.45) is 11.7 Å². The predicted octanol–water partition coefficient (Wildman–Crippen LogP) is 0.816. The molecule has 110 valence electrons. The number of nitrogens with two attached hydrogens (primary N) is 1. The summed E-state index contributed by atoms with van der Waals surface area (Å²) in [6.45, 7) is 2.63. The normalized spacial score (nSPS) is 29.1. The molecular formula is C14H26N2O3. The zero-order chi connectivity index (χ0) is 13.5. The molecule has 5 nitrogen and oxygen atoms in total. The Bertz CT molecular complexity index is 272. The highest BCUT2D eigenvalue weighted by Gasteiger charge is 2.21. The summed E-state index contributed by atoms with van der Waals surface area (Å²) in [5.41, 5.74) is 5.85. The molecule has 3 N–H and O–H groups in total. The summed E-state index contributed by atoms with van der Waals surface area (Å²) in [5, 5.41) is 2.96. The van der Waals surface area contributed by atoms with Gasteiger partial charge in [-0.25, -0.2) is 0 Å². The molecule has 2 fully saturated rings. The molecule has 1 saturated heterocycles. The lowest BCUT2D eigenvalue weighted by Crippen LogP contribution is -2.37. The molecule has 1 saturated carbocycles. The van der Waals surface area contributed by atoms with Gasteiger partial charge in [-0.3, -0.25) is 4.79 Å². The fraction of sp³-hybridized carbons (Fsp3) is 0.929. The van der Waals surface area contributed by atoms with E-state index in [0.29, 0.717) is 38.5 Å². The minimum atomic E-state index is 0.126. The Morgan fingerprint density at radius 3 is 2.53 bits per heavy atom. The first-order chi connectivity index (χ1) is 9.25. The second kappa shape index (κ2) is 7.82. The van der Waals surface area contributed by atoms with Crippen LogP contribution < -0.4 is 11.1 Å². The maximum Gasteiger partial charge on any atom is 0.223 e. The third-order valence-electron chi connectivity index (χ3n) is 4.07. The first-order valence-corrected chi connectivity index (χ1v) is 7.48. The maximum absolute atomic E-state index is 11.9. The average molecular weight is 270 g/mol. The third kappa shape index (κ3) is 5.09. The Hall–Kier alpha value is -0.650. The molecule has 0 aromatic heterocycles. The maximum atomic E-state index is 11.9. The van der Waals surface area contributed by atoms with Gasteiger partial charge in [-0.1, -0.05) is 0 Å². The molecule has 0 atom stereocenters. The van der Waals surface area contributed by atoms with Crippen LogP contribution in [0.25, 0.3) is 0 Å². The SMILES string of the molecule is NC1CCC(OCCNC(=O)C2CCOCC2)CC1. The summed E-state index contributed by atoms with van der Waals surface area (Å²) in [5.74, 6) is 0.277. The fourth-order valence-electron chi connectivity index (χ4n) is 2.76. The first kappa shape index (κ1) is 14.8. The predicted molar refractivity (Wildman–Crippen MR) is 72.7 cm³/mol. The van der Waals surface area contributed by atoms with Crippen LogP contribution in [-0.2, 0) is 14.3 Å². The minimum absolute atomic E-state index is 0.126. The van der Waals surface area contributed by atoms with E-state index in [-0.39, 0.29) is 11.8 Å². The monoisotopic (exact) mass is 270 g/mol. The molecule has 19 heavy (non-hydrogen) atoms. The van der Waals surface area contributed by atoms with Crippen molar-refractivity contribution in [3.05, 3.63) is 0 Å². The van der Waals surface area contributed by atoms with Gasteiger partial charge in [0.2, 0.25) is 5.91 Å². The molecular weight excluding hydrogens is 244 g/mol. The zero-order valence-corrected chi connectivity index (χ0v) is 11.6. The lowest BCUT2D eigenvalue weighted by atomic mass is 9.94. The second-order valence-electron chi connectivity index (χ2n) is 5.59. The van der Waals surface area contributed by atoms with E-state index < -0.39 is 0 Å². The van der Waals surface area contributed by atoms with Gasteiger partial charge < -0.3 is 20.5 Å². The van der Waals surface area contributed by atoms with E-state index in [2.05, 4.69) is 5.32 Å². The van der Waals surface area contributed by atoms with E-state index in [1.165, 1.54) is 0 Å². The van der Waals surface area contributed by atoms with Crippen LogP contribution >= 0.6 is 0 Å². The van der Waals surface area contributed by atoms with Crippen molar-refractivity contribution in [3.8, 4) is 0 Å². The van der Waals surface area contributed by atoms with Crippen molar-refractivity contribution >= 4 is 5.91 Å². The lowest BCUT2D eigenvalue weighted by molar-refractivity contribution is -0.128. The van der Waals surface area contributed by atoms with Crippen LogP contribution in [0.15, 0.2) is 0 Å². The van der Waals surface area contributed by atoms with Gasteiger partial charge in [-0.2, -0.15) is 0 Å². The Balaban J connectivity index is 1.52. The van der Waals surface area contributed by atoms with Crippen molar-refractivity contribution in [2.45, 2.75) is 50.7 Å². The van der Waals surface area contributed by atoms with Gasteiger partial charge in [0.15, 0.2) is 0 Å². The van der Waals surface area contributed by atoms with Crippen molar-refractivity contribution in [1.82, 2.24) is 5.32 Å². The third-order valence-corrected chi connectivity index (χ3v) is 4.07. The topological polar surface area (TPSA) is 73.6 Å². The van der Waals surface area contributed by atoms with Gasteiger partial charge in [-0.15, -0.1) is 0 Å². The standard InChI is InChI=1S/C14H26N2O3/c15-12-1-3-13(4-2-12)19-10-7-16-14(17)11-5-8-18-9-6-11/h11-13H,1-10,15H2,(H,16,17). The van der Waals surface area contributed by atoms with Crippen LogP contribution in [0.2, 0.25) is 0 Å². The molecule has 1 amide bonds. The van der Waals surface area contributed by atoms with Crippen molar-refractivity contribution in [1.29, 1.82) is 0 Å². The van der Waals surface area contributed by atoms with E-state index in [1.54, 1.807) is 0 Å². The molecule has 1 aliphatic carbocycles. The van der Waals surface area contributed by atoms with Gasteiger partial charge in [0.05, 0.1) is 12.7 Å². The van der Waals surface area contributed by atoms with Crippen molar-refractivity contribution in [2.75, 3.05) is 26.4 Å². The number of nitrogens with one attached hydrogen (secondary N) is 1. The van der Waals surface area contributed by atoms with Crippen molar-refractivity contribution in [3.63, 3.8) is 0 Å². The molecule has 2 aliphatic rings. The Morgan fingerprint density at radius 2 is 1.84 bits per heavy atom. The number of hydrogen-bond acceptors (Lipinski definition) is 4. The molecule has 0 bridgehead atoms. The number of ether oxygens (including phenoxy) is 2. The van der Waals surface area contributed by atoms with Crippen molar-refractivity contribution < 1.29 is 14.3 Å². The van der Waals surface area contributed by atoms with Crippen LogP contribution in [0.1, 0.15) is 38.5 Å². The van der Waals surface area contributed by atoms with E-state index in [0.717, 1.165) is 38.5 Å². The number of hydrogen-bond donors (Lipinski definition) is 2. The Labute approximate surface area is 115 Å². The van der Waals surface area contributed by atoms with E-state index in [9.17, 15) is 4.79 Å². The fourth-order valence-corrected chi connectivity index (χ4v) is 2.76. The lowest BCUT2D eigenvalue weighted by Gasteiger charge is -2.26. The molecule has 0 unspecified atom stereocenters. The van der Waals surface area contributed by atoms with Gasteiger partial charge in [-0.05, 0) is 38.5 Å². The molecule has 0 aromatic carbocycles. The van der Waals surface area contributed by atoms with Gasteiger partial charge in [0.1, 0.15) is 0 Å². The van der Waals surface area contributed by atoms with Crippen LogP contribution in [0, 0.1) is 5.92 Å². The van der Waals surface area contributed by atoms with E-state index >= 15 is 0 Å². The molecule has 0 radical (unpaired) electrons. The molecule has 1 aliphatic heterocycles. The van der Waals surface area contributed by atoms with Crippen LogP contribution in [-0.4, -0.2) is 44.4 Å². The number of amides is 1. The number of carbonyl (C=O) groups is 1.